The smallest absolute Gasteiger partial charge is 0.130 e. The van der Waals surface area contributed by atoms with Gasteiger partial charge < -0.3 is 14.6 Å². The Hall–Kier alpha value is -1.57. The Morgan fingerprint density at radius 2 is 1.93 bits per heavy atom. The molecule has 0 aliphatic carbocycles. The summed E-state index contributed by atoms with van der Waals surface area (Å²) in [5.74, 6) is 0.441. The van der Waals surface area contributed by atoms with Gasteiger partial charge in [-0.05, 0) is 41.5 Å². The van der Waals surface area contributed by atoms with Crippen molar-refractivity contribution >= 4 is 58.6 Å². The van der Waals surface area contributed by atoms with Crippen LogP contribution < -0.4 is 5.32 Å². The van der Waals surface area contributed by atoms with E-state index in [1.807, 2.05) is 22.9 Å². The van der Waals surface area contributed by atoms with Gasteiger partial charge >= 0.3 is 0 Å². The minimum absolute atomic E-state index is 0. The van der Waals surface area contributed by atoms with Crippen LogP contribution >= 0.6 is 36.2 Å². The van der Waals surface area contributed by atoms with Crippen molar-refractivity contribution in [3.8, 4) is 0 Å². The first kappa shape index (κ1) is 22.7. The number of aryl methyl sites for hydroxylation is 1. The molecule has 0 amide bonds. The molecule has 0 spiro atoms. The standard InChI is InChI=1S/C20H24N4OS.2ClH/c21-20(17-5-13-26-15-17)22-18-3-2-16-4-8-24(19(16)14-18)7-1-6-23-9-11-25-12-10-23;;/h2-5,8,13-15H,1,6-7,9-12H2,(H2,21,22);2*1H. The van der Waals surface area contributed by atoms with Gasteiger partial charge in [0.2, 0.25) is 0 Å². The molecule has 3 heterocycles. The van der Waals surface area contributed by atoms with Crippen molar-refractivity contribution in [2.45, 2.75) is 13.0 Å². The van der Waals surface area contributed by atoms with E-state index >= 15 is 0 Å². The summed E-state index contributed by atoms with van der Waals surface area (Å²) in [7, 11) is 0. The van der Waals surface area contributed by atoms with E-state index in [2.05, 4.69) is 39.2 Å². The van der Waals surface area contributed by atoms with Gasteiger partial charge in [-0.25, -0.2) is 0 Å². The number of fused-ring (bicyclic) bond motifs is 1. The van der Waals surface area contributed by atoms with Crippen LogP contribution in [0.15, 0.2) is 47.3 Å². The maximum atomic E-state index is 8.21. The van der Waals surface area contributed by atoms with Gasteiger partial charge in [-0.2, -0.15) is 11.3 Å². The predicted octanol–water partition coefficient (Wildman–Crippen LogP) is 4.71. The molecule has 2 N–H and O–H groups in total. The van der Waals surface area contributed by atoms with Crippen LogP contribution in [0.25, 0.3) is 10.9 Å². The first-order valence-corrected chi connectivity index (χ1v) is 10.0. The normalized spacial score (nSPS) is 14.3. The second kappa shape index (κ2) is 10.8. The van der Waals surface area contributed by atoms with Gasteiger partial charge in [-0.1, -0.05) is 6.07 Å². The lowest BCUT2D eigenvalue weighted by Gasteiger charge is -2.26. The Kier molecular flexibility index (Phi) is 8.79. The maximum Gasteiger partial charge on any atom is 0.130 e. The van der Waals surface area contributed by atoms with E-state index in [0.717, 1.165) is 57.1 Å². The molecule has 28 heavy (non-hydrogen) atoms. The third kappa shape index (κ3) is 5.49. The summed E-state index contributed by atoms with van der Waals surface area (Å²) in [6, 6.07) is 10.4. The number of hydrogen-bond acceptors (Lipinski definition) is 4. The quantitative estimate of drug-likeness (QED) is 0.431. The molecule has 152 valence electrons. The second-order valence-corrected chi connectivity index (χ2v) is 7.38. The van der Waals surface area contributed by atoms with Gasteiger partial charge in [0, 0.05) is 49.0 Å². The molecule has 1 aromatic carbocycles. The molecule has 1 fully saturated rings. The minimum atomic E-state index is 0. The van der Waals surface area contributed by atoms with Crippen LogP contribution in [-0.2, 0) is 11.3 Å². The third-order valence-corrected chi connectivity index (χ3v) is 5.51. The molecule has 3 aromatic rings. The SMILES string of the molecule is Cl.Cl.N=C(Nc1ccc2ccn(CCCN3CCOCC3)c2c1)c1ccsc1. The lowest BCUT2D eigenvalue weighted by atomic mass is 10.2. The highest BCUT2D eigenvalue weighted by atomic mass is 35.5. The van der Waals surface area contributed by atoms with E-state index in [1.165, 1.54) is 10.9 Å². The summed E-state index contributed by atoms with van der Waals surface area (Å²) in [4.78, 5) is 2.48. The van der Waals surface area contributed by atoms with Crippen molar-refractivity contribution in [1.29, 1.82) is 5.41 Å². The molecule has 1 aliphatic rings. The zero-order valence-electron chi connectivity index (χ0n) is 15.6. The van der Waals surface area contributed by atoms with Crippen molar-refractivity contribution in [2.75, 3.05) is 38.2 Å². The van der Waals surface area contributed by atoms with E-state index in [1.54, 1.807) is 11.3 Å². The van der Waals surface area contributed by atoms with Crippen molar-refractivity contribution in [2.24, 2.45) is 0 Å². The van der Waals surface area contributed by atoms with E-state index in [0.29, 0.717) is 5.84 Å². The van der Waals surface area contributed by atoms with Gasteiger partial charge in [0.15, 0.2) is 0 Å². The summed E-state index contributed by atoms with van der Waals surface area (Å²) in [6.07, 6.45) is 3.30. The van der Waals surface area contributed by atoms with Crippen LogP contribution in [0.2, 0.25) is 0 Å². The van der Waals surface area contributed by atoms with Gasteiger partial charge in [-0.3, -0.25) is 10.3 Å². The van der Waals surface area contributed by atoms with Gasteiger partial charge in [0.1, 0.15) is 5.84 Å². The summed E-state index contributed by atoms with van der Waals surface area (Å²) >= 11 is 1.61. The fraction of sp³-hybridized carbons (Fsp3) is 0.350. The first-order valence-electron chi connectivity index (χ1n) is 9.07. The first-order chi connectivity index (χ1) is 12.8. The molecule has 0 unspecified atom stereocenters. The minimum Gasteiger partial charge on any atom is -0.379 e. The number of benzene rings is 1. The third-order valence-electron chi connectivity index (χ3n) is 4.83. The number of morpholine rings is 1. The van der Waals surface area contributed by atoms with E-state index < -0.39 is 0 Å². The average Bonchev–Trinajstić information content (AvgIpc) is 3.33. The molecule has 4 rings (SSSR count). The number of nitrogens with one attached hydrogen (secondary N) is 2. The molecule has 0 bridgehead atoms. The number of aromatic nitrogens is 1. The zero-order valence-corrected chi connectivity index (χ0v) is 18.0. The van der Waals surface area contributed by atoms with Crippen LogP contribution in [0.3, 0.4) is 0 Å². The molecule has 0 saturated carbocycles. The van der Waals surface area contributed by atoms with Crippen LogP contribution in [0.1, 0.15) is 12.0 Å². The predicted molar refractivity (Wildman–Crippen MR) is 123 cm³/mol. The number of ether oxygens (including phenoxy) is 1. The molecule has 0 atom stereocenters. The van der Waals surface area contributed by atoms with Crippen molar-refractivity contribution in [3.05, 3.63) is 52.9 Å². The highest BCUT2D eigenvalue weighted by Crippen LogP contribution is 2.22. The number of amidine groups is 1. The highest BCUT2D eigenvalue weighted by molar-refractivity contribution is 7.08. The molecular formula is C20H26Cl2N4OS. The molecule has 2 aromatic heterocycles. The Bertz CT molecular complexity index is 876. The van der Waals surface area contributed by atoms with Gasteiger partial charge in [0.05, 0.1) is 18.7 Å². The molecule has 8 heteroatoms. The topological polar surface area (TPSA) is 53.3 Å². The molecule has 0 radical (unpaired) electrons. The summed E-state index contributed by atoms with van der Waals surface area (Å²) in [5.41, 5.74) is 3.10. The van der Waals surface area contributed by atoms with Crippen LogP contribution in [0.4, 0.5) is 5.69 Å². The summed E-state index contributed by atoms with van der Waals surface area (Å²) < 4.78 is 7.73. The maximum absolute atomic E-state index is 8.21. The number of hydrogen-bond donors (Lipinski definition) is 2. The highest BCUT2D eigenvalue weighted by Gasteiger charge is 2.10. The number of nitrogens with zero attached hydrogens (tertiary/aromatic N) is 2. The molecule has 5 nitrogen and oxygen atoms in total. The van der Waals surface area contributed by atoms with Crippen molar-refractivity contribution in [3.63, 3.8) is 0 Å². The van der Waals surface area contributed by atoms with E-state index in [4.69, 9.17) is 10.1 Å². The number of thiophene rings is 1. The van der Waals surface area contributed by atoms with Gasteiger partial charge in [-0.15, -0.1) is 24.8 Å². The van der Waals surface area contributed by atoms with Crippen LogP contribution in [0, 0.1) is 5.41 Å². The molecule has 1 aliphatic heterocycles. The lowest BCUT2D eigenvalue weighted by Crippen LogP contribution is -2.37. The number of halogens is 2. The Morgan fingerprint density at radius 1 is 1.11 bits per heavy atom. The monoisotopic (exact) mass is 440 g/mol. The molecule has 1 saturated heterocycles. The Labute approximate surface area is 182 Å². The fourth-order valence-corrected chi connectivity index (χ4v) is 4.02. The van der Waals surface area contributed by atoms with Crippen molar-refractivity contribution in [1.82, 2.24) is 9.47 Å². The largest absolute Gasteiger partial charge is 0.379 e. The van der Waals surface area contributed by atoms with Crippen LogP contribution in [-0.4, -0.2) is 48.2 Å². The second-order valence-electron chi connectivity index (χ2n) is 6.60. The number of anilines is 1. The van der Waals surface area contributed by atoms with Gasteiger partial charge in [0.25, 0.3) is 0 Å². The van der Waals surface area contributed by atoms with E-state index in [-0.39, 0.29) is 24.8 Å². The van der Waals surface area contributed by atoms with E-state index in [9.17, 15) is 0 Å². The zero-order chi connectivity index (χ0) is 17.8. The lowest BCUT2D eigenvalue weighted by molar-refractivity contribution is 0.0370. The Balaban J connectivity index is 0.00000140. The Morgan fingerprint density at radius 3 is 2.68 bits per heavy atom. The fourth-order valence-electron chi connectivity index (χ4n) is 3.37. The average molecular weight is 441 g/mol. The number of rotatable bonds is 6. The van der Waals surface area contributed by atoms with Crippen LogP contribution in [0.5, 0.6) is 0 Å². The summed E-state index contributed by atoms with van der Waals surface area (Å²) in [6.45, 7) is 5.93. The summed E-state index contributed by atoms with van der Waals surface area (Å²) in [5, 5.41) is 16.6. The van der Waals surface area contributed by atoms with Crippen molar-refractivity contribution < 1.29 is 4.74 Å². The molecular weight excluding hydrogens is 415 g/mol.